The number of ketones is 1. The molecular weight excluding hydrogens is 370 g/mol. The van der Waals surface area contributed by atoms with E-state index in [1.165, 1.54) is 0 Å². The molecule has 158 valence electrons. The lowest BCUT2D eigenvalue weighted by molar-refractivity contribution is -0.267. The van der Waals surface area contributed by atoms with Gasteiger partial charge in [0, 0.05) is 35.5 Å². The van der Waals surface area contributed by atoms with Crippen molar-refractivity contribution in [2.45, 2.75) is 82.8 Å². The van der Waals surface area contributed by atoms with E-state index < -0.39 is 64.0 Å². The van der Waals surface area contributed by atoms with Crippen LogP contribution in [-0.4, -0.2) is 50.6 Å². The lowest BCUT2D eigenvalue weighted by atomic mass is 9.41. The molecule has 4 fully saturated rings. The van der Waals surface area contributed by atoms with E-state index in [1.807, 2.05) is 0 Å². The van der Waals surface area contributed by atoms with Crippen LogP contribution in [0.15, 0.2) is 0 Å². The first-order valence-electron chi connectivity index (χ1n) is 10.3. The van der Waals surface area contributed by atoms with Gasteiger partial charge in [-0.2, -0.15) is 0 Å². The van der Waals surface area contributed by atoms with Gasteiger partial charge in [-0.15, -0.1) is 0 Å². The Balaban J connectivity index is 1.83. The summed E-state index contributed by atoms with van der Waals surface area (Å²) in [7, 11) is 0. The van der Waals surface area contributed by atoms with Gasteiger partial charge in [-0.25, -0.2) is 13.6 Å². The topological polar surface area (TPSA) is 94.8 Å². The summed E-state index contributed by atoms with van der Waals surface area (Å²) in [4.78, 5) is 23.9. The average Bonchev–Trinajstić information content (AvgIpc) is 2.81. The van der Waals surface area contributed by atoms with Crippen molar-refractivity contribution in [2.75, 3.05) is 0 Å². The van der Waals surface area contributed by atoms with Crippen LogP contribution < -0.4 is 0 Å². The van der Waals surface area contributed by atoms with Gasteiger partial charge in [-0.3, -0.25) is 4.79 Å². The Morgan fingerprint density at radius 1 is 1.14 bits per heavy atom. The summed E-state index contributed by atoms with van der Waals surface area (Å²) in [5.41, 5.74) is -6.62. The molecule has 4 aliphatic rings. The third kappa shape index (κ3) is 2.02. The smallest absolute Gasteiger partial charge is 0.336 e. The van der Waals surface area contributed by atoms with Gasteiger partial charge in [0.25, 0.3) is 0 Å². The minimum absolute atomic E-state index is 0.0137. The highest BCUT2D eigenvalue weighted by Crippen LogP contribution is 2.71. The Kier molecular flexibility index (Phi) is 4.15. The summed E-state index contributed by atoms with van der Waals surface area (Å²) in [5.74, 6) is -4.29. The van der Waals surface area contributed by atoms with Crippen LogP contribution in [0, 0.1) is 34.5 Å². The van der Waals surface area contributed by atoms with Gasteiger partial charge in [-0.05, 0) is 37.5 Å². The van der Waals surface area contributed by atoms with E-state index in [9.17, 15) is 24.9 Å². The van der Waals surface area contributed by atoms with E-state index in [2.05, 4.69) is 0 Å². The molecule has 28 heavy (non-hydrogen) atoms. The largest absolute Gasteiger partial charge is 0.479 e. The first-order chi connectivity index (χ1) is 12.8. The van der Waals surface area contributed by atoms with Crippen LogP contribution in [0.4, 0.5) is 8.78 Å². The molecule has 10 atom stereocenters. The number of aliphatic hydroxyl groups excluding tert-OH is 1. The second-order valence-electron chi connectivity index (χ2n) is 10.3. The molecule has 4 saturated carbocycles. The highest BCUT2D eigenvalue weighted by molar-refractivity contribution is 5.80. The molecule has 3 unspecified atom stereocenters. The summed E-state index contributed by atoms with van der Waals surface area (Å²) in [6.07, 6.45) is -2.62. The lowest BCUT2D eigenvalue weighted by Gasteiger charge is -2.65. The Labute approximate surface area is 163 Å². The van der Waals surface area contributed by atoms with Crippen LogP contribution in [0.5, 0.6) is 0 Å². The van der Waals surface area contributed by atoms with E-state index in [0.29, 0.717) is 0 Å². The third-order valence-corrected chi connectivity index (χ3v) is 9.44. The number of fused-ring (bicyclic) bond motifs is 5. The number of alkyl halides is 2. The first kappa shape index (κ1) is 20.2. The number of aliphatic hydroxyl groups is 2. The molecular formula is C21H30F2O5. The van der Waals surface area contributed by atoms with E-state index in [1.54, 1.807) is 20.8 Å². The number of Topliss-reactive ketones (excluding diaryl/α,β-unsaturated/α-hetero) is 1. The second-order valence-corrected chi connectivity index (χ2v) is 10.3. The van der Waals surface area contributed by atoms with Gasteiger partial charge in [0.2, 0.25) is 0 Å². The highest BCUT2D eigenvalue weighted by atomic mass is 19.1. The molecule has 0 aliphatic heterocycles. The van der Waals surface area contributed by atoms with E-state index in [-0.39, 0.29) is 44.3 Å². The molecule has 4 aliphatic carbocycles. The molecule has 5 nitrogen and oxygen atoms in total. The van der Waals surface area contributed by atoms with Gasteiger partial charge >= 0.3 is 5.97 Å². The first-order valence-corrected chi connectivity index (χ1v) is 10.3. The van der Waals surface area contributed by atoms with Crippen LogP contribution in [-0.2, 0) is 9.59 Å². The SMILES string of the molecule is C[C@@H]1CC2C3C[C@H](F)C4CC(=O)CC[C@]4(C)[C@@]3(F)[C@@H](O)C[C@]2(C)[C@@]1(O)C(=O)O. The maximum absolute atomic E-state index is 16.9. The molecule has 0 spiro atoms. The fraction of sp³-hybridized carbons (Fsp3) is 0.905. The fourth-order valence-corrected chi connectivity index (χ4v) is 7.82. The highest BCUT2D eigenvalue weighted by Gasteiger charge is 2.77. The zero-order valence-electron chi connectivity index (χ0n) is 16.6. The molecule has 0 amide bonds. The molecule has 0 radical (unpaired) electrons. The van der Waals surface area contributed by atoms with Crippen molar-refractivity contribution >= 4 is 11.8 Å². The molecule has 4 rings (SSSR count). The average molecular weight is 400 g/mol. The van der Waals surface area contributed by atoms with Crippen LogP contribution in [0.25, 0.3) is 0 Å². The molecule has 0 aromatic heterocycles. The number of carbonyl (C=O) groups excluding carboxylic acids is 1. The minimum Gasteiger partial charge on any atom is -0.479 e. The second kappa shape index (κ2) is 5.75. The number of carboxylic acids is 1. The van der Waals surface area contributed by atoms with Gasteiger partial charge in [0.1, 0.15) is 17.6 Å². The molecule has 0 aromatic rings. The zero-order valence-corrected chi connectivity index (χ0v) is 16.6. The maximum atomic E-state index is 16.9. The molecule has 3 N–H and O–H groups in total. The number of halogens is 2. The number of carboxylic acid groups (broad SMARTS) is 1. The van der Waals surface area contributed by atoms with E-state index in [0.717, 1.165) is 0 Å². The molecule has 0 aromatic carbocycles. The van der Waals surface area contributed by atoms with Crippen LogP contribution in [0.3, 0.4) is 0 Å². The van der Waals surface area contributed by atoms with E-state index in [4.69, 9.17) is 0 Å². The van der Waals surface area contributed by atoms with Crippen molar-refractivity contribution in [3.8, 4) is 0 Å². The Hall–Kier alpha value is -1.08. The zero-order chi connectivity index (χ0) is 20.9. The van der Waals surface area contributed by atoms with Crippen LogP contribution in [0.1, 0.15) is 59.3 Å². The molecule has 0 heterocycles. The Morgan fingerprint density at radius 2 is 1.79 bits per heavy atom. The number of hydrogen-bond acceptors (Lipinski definition) is 4. The molecule has 0 bridgehead atoms. The summed E-state index contributed by atoms with van der Waals surface area (Å²) < 4.78 is 32.1. The number of aliphatic carboxylic acids is 1. The summed E-state index contributed by atoms with van der Waals surface area (Å²) in [5, 5.41) is 31.9. The van der Waals surface area contributed by atoms with Gasteiger partial charge in [0.05, 0.1) is 6.10 Å². The predicted molar refractivity (Wildman–Crippen MR) is 95.9 cm³/mol. The van der Waals surface area contributed by atoms with Crippen LogP contribution in [0.2, 0.25) is 0 Å². The minimum atomic E-state index is -2.10. The van der Waals surface area contributed by atoms with Crippen molar-refractivity contribution in [2.24, 2.45) is 34.5 Å². The third-order valence-electron chi connectivity index (χ3n) is 9.44. The van der Waals surface area contributed by atoms with Crippen molar-refractivity contribution in [3.63, 3.8) is 0 Å². The predicted octanol–water partition coefficient (Wildman–Crippen LogP) is 2.67. The normalized spacial score (nSPS) is 58.6. The Morgan fingerprint density at radius 3 is 2.39 bits per heavy atom. The molecule has 0 saturated heterocycles. The van der Waals surface area contributed by atoms with Crippen molar-refractivity contribution < 1.29 is 33.7 Å². The summed E-state index contributed by atoms with van der Waals surface area (Å²) in [6.45, 7) is 4.88. The number of hydrogen-bond donors (Lipinski definition) is 3. The monoisotopic (exact) mass is 400 g/mol. The maximum Gasteiger partial charge on any atom is 0.336 e. The van der Waals surface area contributed by atoms with Crippen molar-refractivity contribution in [1.29, 1.82) is 0 Å². The summed E-state index contributed by atoms with van der Waals surface area (Å²) >= 11 is 0. The van der Waals surface area contributed by atoms with Gasteiger partial charge in [-0.1, -0.05) is 20.8 Å². The van der Waals surface area contributed by atoms with Gasteiger partial charge < -0.3 is 15.3 Å². The molecule has 7 heteroatoms. The fourth-order valence-electron chi connectivity index (χ4n) is 7.82. The van der Waals surface area contributed by atoms with Crippen molar-refractivity contribution in [1.82, 2.24) is 0 Å². The van der Waals surface area contributed by atoms with Crippen molar-refractivity contribution in [3.05, 3.63) is 0 Å². The lowest BCUT2D eigenvalue weighted by Crippen LogP contribution is -2.72. The number of carbonyl (C=O) groups is 2. The summed E-state index contributed by atoms with van der Waals surface area (Å²) in [6, 6.07) is 0. The number of rotatable bonds is 1. The Bertz CT molecular complexity index is 730. The van der Waals surface area contributed by atoms with E-state index >= 15 is 8.78 Å². The quantitative estimate of drug-likeness (QED) is 0.629. The van der Waals surface area contributed by atoms with Gasteiger partial charge in [0.15, 0.2) is 5.60 Å². The standard InChI is InChI=1S/C21H30F2O5/c1-10-6-12-13-8-15(22)14-7-11(24)4-5-18(14,2)20(13,23)16(25)9-19(12,3)21(10,28)17(26)27/h10,12-16,25,28H,4-9H2,1-3H3,(H,26,27)/t10-,12?,13?,14?,15+,16+,18+,19+,20+,21+/m1/s1. The van der Waals surface area contributed by atoms with Crippen LogP contribution >= 0.6 is 0 Å².